The number of aliphatic hydroxyl groups is 2. The Balaban J connectivity index is 0.000000751. The number of phosphoric acid groups is 3. The molecule has 23 nitrogen and oxygen atoms in total. The first-order chi connectivity index (χ1) is 16.9. The second kappa shape index (κ2) is 13.0. The maximum absolute atomic E-state index is 10.4. The van der Waals surface area contributed by atoms with Crippen molar-refractivity contribution in [3.63, 3.8) is 0 Å². The van der Waals surface area contributed by atoms with Gasteiger partial charge in [0.25, 0.3) is 0 Å². The second-order valence-corrected chi connectivity index (χ2v) is 9.86. The average Bonchev–Trinajstić information content (AvgIpc) is 3.20. The van der Waals surface area contributed by atoms with Gasteiger partial charge in [0, 0.05) is 4.91 Å². The van der Waals surface area contributed by atoms with Crippen molar-refractivity contribution in [3.05, 3.63) is 34.6 Å². The lowest BCUT2D eigenvalue weighted by Crippen LogP contribution is -2.41. The van der Waals surface area contributed by atoms with E-state index in [2.05, 4.69) is 20.1 Å². The Morgan fingerprint density at radius 3 is 1.89 bits per heavy atom. The van der Waals surface area contributed by atoms with Crippen LogP contribution in [0.3, 0.4) is 0 Å². The molecule has 1 aliphatic rings. The van der Waals surface area contributed by atoms with Crippen molar-refractivity contribution in [2.45, 2.75) is 30.5 Å². The lowest BCUT2D eigenvalue weighted by atomic mass is 9.92. The Hall–Kier alpha value is -2.57. The van der Waals surface area contributed by atoms with Crippen LogP contribution in [0, 0.1) is 11.3 Å². The minimum atomic E-state index is -4.64. The van der Waals surface area contributed by atoms with Crippen LogP contribution in [0.4, 0.5) is 5.82 Å². The standard InChI is InChI=1S/C12H12N8O3.3H3O4P/c1-11(18-19-15)8(21)9(22)12(4-13,23-11)7-3-2-6-10(14)16-5-17-20(6)7;3*1-5(2,3)4/h2-3,5,8-9,21-22H,1H3,(H2,14,16,17);3*(H3,1,2,3,4)/t8-,9+,11+,12-;;;/m0.../s1. The van der Waals surface area contributed by atoms with Crippen molar-refractivity contribution < 1.29 is 72.7 Å². The summed E-state index contributed by atoms with van der Waals surface area (Å²) in [7, 11) is -13.9. The number of rotatable bonds is 2. The van der Waals surface area contributed by atoms with E-state index in [4.69, 9.17) is 73.7 Å². The summed E-state index contributed by atoms with van der Waals surface area (Å²) in [4.78, 5) is 71.1. The third kappa shape index (κ3) is 11.4. The molecule has 2 aromatic heterocycles. The zero-order valence-electron chi connectivity index (χ0n) is 18.5. The van der Waals surface area contributed by atoms with Gasteiger partial charge >= 0.3 is 23.5 Å². The summed E-state index contributed by atoms with van der Waals surface area (Å²) in [5.41, 5.74) is 11.1. The number of nitrogen functional groups attached to an aromatic ring is 1. The average molecular weight is 610 g/mol. The number of ether oxygens (including phenoxy) is 1. The van der Waals surface area contributed by atoms with E-state index in [0.717, 1.165) is 0 Å². The van der Waals surface area contributed by atoms with Crippen molar-refractivity contribution in [2.75, 3.05) is 5.73 Å². The van der Waals surface area contributed by atoms with Crippen LogP contribution in [0.15, 0.2) is 23.6 Å². The summed E-state index contributed by atoms with van der Waals surface area (Å²) < 4.78 is 33.5. The predicted octanol–water partition coefficient (Wildman–Crippen LogP) is -2.98. The second-order valence-electron chi connectivity index (χ2n) is 6.78. The summed E-state index contributed by atoms with van der Waals surface area (Å²) >= 11 is 0. The lowest BCUT2D eigenvalue weighted by Gasteiger charge is -2.25. The van der Waals surface area contributed by atoms with Crippen LogP contribution < -0.4 is 5.73 Å². The van der Waals surface area contributed by atoms with Gasteiger partial charge in [-0.15, -0.1) is 0 Å². The number of anilines is 1. The van der Waals surface area contributed by atoms with Crippen LogP contribution in [0.1, 0.15) is 12.6 Å². The number of nitriles is 1. The van der Waals surface area contributed by atoms with Gasteiger partial charge in [0.2, 0.25) is 5.60 Å². The molecule has 0 spiro atoms. The molecule has 0 aromatic carbocycles. The lowest BCUT2D eigenvalue weighted by molar-refractivity contribution is -0.0981. The number of aromatic nitrogens is 3. The van der Waals surface area contributed by atoms with Crippen LogP contribution in [0.25, 0.3) is 16.0 Å². The Bertz CT molecular complexity index is 1270. The molecule has 38 heavy (non-hydrogen) atoms. The SMILES string of the molecule is C[C@@]1(N=[N+]=[N-])O[C@@](C#N)(c2ccc3c(N)ncnn23)[C@H](O)[C@@H]1O.O=P(O)(O)O.O=P(O)(O)O.O=P(O)(O)O. The van der Waals surface area contributed by atoms with E-state index < -0.39 is 47.0 Å². The van der Waals surface area contributed by atoms with Gasteiger partial charge in [-0.05, 0) is 24.6 Å². The Morgan fingerprint density at radius 1 is 1.05 bits per heavy atom. The third-order valence-corrected chi connectivity index (χ3v) is 3.90. The molecule has 1 aliphatic heterocycles. The minimum Gasteiger partial charge on any atom is -0.387 e. The Morgan fingerprint density at radius 2 is 1.50 bits per heavy atom. The number of hydrogen-bond donors (Lipinski definition) is 12. The topological polar surface area (TPSA) is 412 Å². The smallest absolute Gasteiger partial charge is 0.387 e. The van der Waals surface area contributed by atoms with E-state index >= 15 is 0 Å². The minimum absolute atomic E-state index is 0.132. The molecule has 0 amide bonds. The van der Waals surface area contributed by atoms with Gasteiger partial charge in [-0.3, -0.25) is 0 Å². The van der Waals surface area contributed by atoms with Crippen molar-refractivity contribution in [3.8, 4) is 6.07 Å². The van der Waals surface area contributed by atoms with Crippen molar-refractivity contribution in [1.29, 1.82) is 5.26 Å². The summed E-state index contributed by atoms with van der Waals surface area (Å²) in [6.07, 6.45) is -2.10. The van der Waals surface area contributed by atoms with E-state index in [1.165, 1.54) is 23.8 Å². The molecule has 26 heteroatoms. The molecule has 3 heterocycles. The van der Waals surface area contributed by atoms with E-state index in [1.54, 1.807) is 6.07 Å². The van der Waals surface area contributed by atoms with Gasteiger partial charge in [-0.1, -0.05) is 5.11 Å². The van der Waals surface area contributed by atoms with Crippen LogP contribution in [0.5, 0.6) is 0 Å². The number of azide groups is 1. The van der Waals surface area contributed by atoms with Crippen LogP contribution in [-0.2, 0) is 24.0 Å². The molecular weight excluding hydrogens is 589 g/mol. The Labute approximate surface area is 210 Å². The third-order valence-electron chi connectivity index (χ3n) is 3.90. The molecule has 2 aromatic rings. The largest absolute Gasteiger partial charge is 0.466 e. The molecule has 0 unspecified atom stereocenters. The normalized spacial score (nSPS) is 24.8. The first kappa shape index (κ1) is 35.4. The molecule has 0 bridgehead atoms. The van der Waals surface area contributed by atoms with Gasteiger partial charge < -0.3 is 64.7 Å². The fraction of sp³-hybridized carbons (Fsp3) is 0.417. The summed E-state index contributed by atoms with van der Waals surface area (Å²) in [6.45, 7) is 1.28. The van der Waals surface area contributed by atoms with Crippen LogP contribution in [-0.4, -0.2) is 86.8 Å². The maximum atomic E-state index is 10.4. The first-order valence-corrected chi connectivity index (χ1v) is 13.6. The zero-order chi connectivity index (χ0) is 30.3. The zero-order valence-corrected chi connectivity index (χ0v) is 21.2. The quantitative estimate of drug-likeness (QED) is 0.0698. The highest BCUT2D eigenvalue weighted by molar-refractivity contribution is 7.45. The molecule has 1 saturated heterocycles. The number of nitrogens with zero attached hydrogens (tertiary/aromatic N) is 7. The van der Waals surface area contributed by atoms with Gasteiger partial charge in [-0.2, -0.15) is 10.4 Å². The molecule has 0 radical (unpaired) electrons. The van der Waals surface area contributed by atoms with E-state index in [-0.39, 0.29) is 11.5 Å². The first-order valence-electron chi connectivity index (χ1n) is 8.87. The highest BCUT2D eigenvalue weighted by Crippen LogP contribution is 2.45. The summed E-state index contributed by atoms with van der Waals surface area (Å²) in [5, 5.41) is 37.6. The number of hydrogen-bond acceptors (Lipinski definition) is 11. The van der Waals surface area contributed by atoms with Crippen molar-refractivity contribution >= 4 is 34.8 Å². The van der Waals surface area contributed by atoms with Crippen LogP contribution in [0.2, 0.25) is 0 Å². The summed E-state index contributed by atoms with van der Waals surface area (Å²) in [6, 6.07) is 4.87. The molecular formula is C12H21N8O15P3. The predicted molar refractivity (Wildman–Crippen MR) is 118 cm³/mol. The fourth-order valence-electron chi connectivity index (χ4n) is 2.71. The number of aliphatic hydroxyl groups excluding tert-OH is 2. The highest BCUT2D eigenvalue weighted by atomic mass is 31.2. The van der Waals surface area contributed by atoms with E-state index in [0.29, 0.717) is 5.52 Å². The van der Waals surface area contributed by atoms with Gasteiger partial charge in [-0.25, -0.2) is 23.2 Å². The van der Waals surface area contributed by atoms with Crippen molar-refractivity contribution in [2.24, 2.45) is 5.11 Å². The van der Waals surface area contributed by atoms with Crippen molar-refractivity contribution in [1.82, 2.24) is 14.6 Å². The molecule has 3 rings (SSSR count). The van der Waals surface area contributed by atoms with E-state index in [1.807, 2.05) is 6.07 Å². The molecule has 4 atom stereocenters. The Kier molecular flexibility index (Phi) is 12.1. The number of fused-ring (bicyclic) bond motifs is 1. The molecule has 0 saturated carbocycles. The molecule has 13 N–H and O–H groups in total. The maximum Gasteiger partial charge on any atom is 0.466 e. The molecule has 214 valence electrons. The van der Waals surface area contributed by atoms with E-state index in [9.17, 15) is 15.5 Å². The van der Waals surface area contributed by atoms with Gasteiger partial charge in [0.05, 0.1) is 5.69 Å². The fourth-order valence-corrected chi connectivity index (χ4v) is 2.71. The van der Waals surface area contributed by atoms with Gasteiger partial charge in [0.15, 0.2) is 11.5 Å². The number of nitrogens with two attached hydrogens (primary N) is 1. The monoisotopic (exact) mass is 610 g/mol. The highest BCUT2D eigenvalue weighted by Gasteiger charge is 2.62. The molecule has 0 aliphatic carbocycles. The van der Waals surface area contributed by atoms with Crippen LogP contribution >= 0.6 is 23.5 Å². The summed E-state index contributed by atoms with van der Waals surface area (Å²) in [5.74, 6) is 0.171. The van der Waals surface area contributed by atoms with Gasteiger partial charge in [0.1, 0.15) is 30.1 Å². The molecule has 1 fully saturated rings.